The lowest BCUT2D eigenvalue weighted by molar-refractivity contribution is -0.118. The Balaban J connectivity index is 1.37. The van der Waals surface area contributed by atoms with Crippen LogP contribution in [0.2, 0.25) is 0 Å². The number of pyridine rings is 1. The number of aromatic nitrogens is 3. The number of fused-ring (bicyclic) bond motifs is 2. The summed E-state index contributed by atoms with van der Waals surface area (Å²) in [5.41, 5.74) is 0.546. The largest absolute Gasteiger partial charge is 0.379 e. The number of rotatable bonds is 5. The molecule has 0 atom stereocenters. The molecule has 0 radical (unpaired) electrons. The highest BCUT2D eigenvalue weighted by molar-refractivity contribution is 5.97. The topological polar surface area (TPSA) is 130 Å². The summed E-state index contributed by atoms with van der Waals surface area (Å²) in [4.78, 5) is 49.0. The Labute approximate surface area is 196 Å². The van der Waals surface area contributed by atoms with E-state index in [4.69, 9.17) is 4.74 Å². The fraction of sp³-hybridized carbons (Fsp3) is 0.522. The highest BCUT2D eigenvalue weighted by Gasteiger charge is 2.45. The quantitative estimate of drug-likeness (QED) is 0.600. The zero-order valence-electron chi connectivity index (χ0n) is 19.2. The lowest BCUT2D eigenvalue weighted by Crippen LogP contribution is -2.48. The number of amides is 2. The average molecular weight is 468 g/mol. The minimum atomic E-state index is -0.658. The molecular weight excluding hydrogens is 438 g/mol. The van der Waals surface area contributed by atoms with Crippen LogP contribution in [0.1, 0.15) is 48.2 Å². The van der Waals surface area contributed by atoms with Gasteiger partial charge in [0.15, 0.2) is 0 Å². The molecule has 2 aromatic heterocycles. The fourth-order valence-corrected chi connectivity index (χ4v) is 5.11. The standard InChI is InChI=1S/C23H29N7O4/c1-15-11-16(22(33)30-20(15)21(32)28-23(30)5-3-2-4-6-23)26-17-12-18(25-14-24-17)27-19(31)13-29-7-9-34-10-8-29/h11-12,14H,2-10,13H2,1H3,(H,28,32)(H2,24,25,26,27,31). The van der Waals surface area contributed by atoms with Crippen molar-refractivity contribution in [2.24, 2.45) is 0 Å². The molecule has 2 amide bonds. The van der Waals surface area contributed by atoms with Crippen LogP contribution in [0.5, 0.6) is 0 Å². The van der Waals surface area contributed by atoms with Crippen molar-refractivity contribution in [3.05, 3.63) is 40.1 Å². The van der Waals surface area contributed by atoms with Gasteiger partial charge in [0.1, 0.15) is 35.0 Å². The lowest BCUT2D eigenvalue weighted by Gasteiger charge is -2.35. The molecule has 2 aliphatic heterocycles. The first-order valence-electron chi connectivity index (χ1n) is 11.7. The summed E-state index contributed by atoms with van der Waals surface area (Å²) in [5, 5.41) is 8.94. The lowest BCUT2D eigenvalue weighted by atomic mass is 9.89. The van der Waals surface area contributed by atoms with E-state index in [9.17, 15) is 14.4 Å². The third-order valence-electron chi connectivity index (χ3n) is 6.73. The monoisotopic (exact) mass is 467 g/mol. The van der Waals surface area contributed by atoms with Crippen molar-refractivity contribution >= 4 is 29.1 Å². The number of carbonyl (C=O) groups excluding carboxylic acids is 2. The Bertz CT molecular complexity index is 1170. The van der Waals surface area contributed by atoms with Gasteiger partial charge in [-0.15, -0.1) is 0 Å². The van der Waals surface area contributed by atoms with E-state index in [0.717, 1.165) is 37.7 Å². The number of aryl methyl sites for hydroxylation is 1. The smallest absolute Gasteiger partial charge is 0.276 e. The van der Waals surface area contributed by atoms with Gasteiger partial charge in [-0.3, -0.25) is 23.9 Å². The Morgan fingerprint density at radius 1 is 1.12 bits per heavy atom. The highest BCUT2D eigenvalue weighted by atomic mass is 16.5. The third-order valence-corrected chi connectivity index (χ3v) is 6.73. The molecule has 11 nitrogen and oxygen atoms in total. The van der Waals surface area contributed by atoms with Crippen LogP contribution in [0, 0.1) is 6.92 Å². The summed E-state index contributed by atoms with van der Waals surface area (Å²) in [5.74, 6) is 0.345. The van der Waals surface area contributed by atoms with Crippen LogP contribution in [0.25, 0.3) is 0 Å². The second kappa shape index (κ2) is 9.15. The molecule has 5 rings (SSSR count). The normalized spacial score (nSPS) is 19.5. The zero-order chi connectivity index (χ0) is 23.7. The van der Waals surface area contributed by atoms with Crippen LogP contribution in [0.15, 0.2) is 23.3 Å². The van der Waals surface area contributed by atoms with Gasteiger partial charge in [0.25, 0.3) is 11.5 Å². The van der Waals surface area contributed by atoms with Gasteiger partial charge in [-0.25, -0.2) is 9.97 Å². The van der Waals surface area contributed by atoms with Crippen molar-refractivity contribution in [1.29, 1.82) is 0 Å². The summed E-state index contributed by atoms with van der Waals surface area (Å²) < 4.78 is 6.95. The van der Waals surface area contributed by atoms with Gasteiger partial charge in [-0.05, 0) is 44.2 Å². The second-order valence-electron chi connectivity index (χ2n) is 9.13. The summed E-state index contributed by atoms with van der Waals surface area (Å²) in [6.45, 7) is 4.74. The number of carbonyl (C=O) groups is 2. The number of nitrogens with one attached hydrogen (secondary N) is 3. The summed E-state index contributed by atoms with van der Waals surface area (Å²) in [7, 11) is 0. The molecule has 1 saturated heterocycles. The molecule has 180 valence electrons. The number of morpholine rings is 1. The van der Waals surface area contributed by atoms with E-state index in [2.05, 4.69) is 25.9 Å². The van der Waals surface area contributed by atoms with Crippen LogP contribution < -0.4 is 21.5 Å². The van der Waals surface area contributed by atoms with Crippen molar-refractivity contribution in [2.45, 2.75) is 44.7 Å². The van der Waals surface area contributed by atoms with E-state index in [0.29, 0.717) is 49.3 Å². The van der Waals surface area contributed by atoms with Crippen LogP contribution in [-0.2, 0) is 15.2 Å². The van der Waals surface area contributed by atoms with Crippen molar-refractivity contribution in [3.63, 3.8) is 0 Å². The van der Waals surface area contributed by atoms with Crippen molar-refractivity contribution < 1.29 is 14.3 Å². The molecule has 3 aliphatic rings. The van der Waals surface area contributed by atoms with Crippen molar-refractivity contribution in [1.82, 2.24) is 24.8 Å². The minimum absolute atomic E-state index is 0.177. The van der Waals surface area contributed by atoms with Gasteiger partial charge in [-0.2, -0.15) is 0 Å². The highest BCUT2D eigenvalue weighted by Crippen LogP contribution is 2.37. The third kappa shape index (κ3) is 4.28. The SMILES string of the molecule is Cc1cc(Nc2cc(NC(=O)CN3CCOCC3)ncn2)c(=O)n2c1C(=O)NC21CCCCC1. The van der Waals surface area contributed by atoms with Gasteiger partial charge >= 0.3 is 0 Å². The fourth-order valence-electron chi connectivity index (χ4n) is 5.11. The van der Waals surface area contributed by atoms with E-state index >= 15 is 0 Å². The maximum absolute atomic E-state index is 13.5. The number of nitrogens with zero attached hydrogens (tertiary/aromatic N) is 4. The van der Waals surface area contributed by atoms with E-state index in [-0.39, 0.29) is 23.9 Å². The molecule has 4 heterocycles. The first-order valence-corrected chi connectivity index (χ1v) is 11.7. The molecule has 2 aromatic rings. The maximum atomic E-state index is 13.5. The molecule has 0 bridgehead atoms. The first-order chi connectivity index (χ1) is 16.4. The molecule has 1 aliphatic carbocycles. The van der Waals surface area contributed by atoms with Crippen LogP contribution in [0.4, 0.5) is 17.3 Å². The molecule has 3 N–H and O–H groups in total. The molecule has 11 heteroatoms. The zero-order valence-corrected chi connectivity index (χ0v) is 19.2. The van der Waals surface area contributed by atoms with Gasteiger partial charge in [0, 0.05) is 19.2 Å². The number of ether oxygens (including phenoxy) is 1. The summed E-state index contributed by atoms with van der Waals surface area (Å²) >= 11 is 0. The number of hydrogen-bond donors (Lipinski definition) is 3. The van der Waals surface area contributed by atoms with Crippen molar-refractivity contribution in [3.8, 4) is 0 Å². The van der Waals surface area contributed by atoms with E-state index in [1.54, 1.807) is 16.7 Å². The number of anilines is 3. The van der Waals surface area contributed by atoms with Gasteiger partial charge in [0.05, 0.1) is 19.8 Å². The average Bonchev–Trinajstić information content (AvgIpc) is 3.10. The Hall–Kier alpha value is -3.31. The summed E-state index contributed by atoms with van der Waals surface area (Å²) in [6, 6.07) is 3.26. The molecular formula is C23H29N7O4. The van der Waals surface area contributed by atoms with Crippen LogP contribution in [-0.4, -0.2) is 64.1 Å². The van der Waals surface area contributed by atoms with Gasteiger partial charge in [-0.1, -0.05) is 6.42 Å². The van der Waals surface area contributed by atoms with Crippen LogP contribution >= 0.6 is 0 Å². The van der Waals surface area contributed by atoms with Gasteiger partial charge in [0.2, 0.25) is 5.91 Å². The van der Waals surface area contributed by atoms with E-state index < -0.39 is 5.66 Å². The molecule has 1 saturated carbocycles. The first kappa shape index (κ1) is 22.5. The molecule has 0 unspecified atom stereocenters. The molecule has 2 fully saturated rings. The second-order valence-corrected chi connectivity index (χ2v) is 9.13. The predicted octanol–water partition coefficient (Wildman–Crippen LogP) is 1.32. The Morgan fingerprint density at radius 2 is 1.85 bits per heavy atom. The van der Waals surface area contributed by atoms with Crippen molar-refractivity contribution in [2.75, 3.05) is 43.5 Å². The van der Waals surface area contributed by atoms with E-state index in [1.165, 1.54) is 6.33 Å². The molecule has 0 aromatic carbocycles. The van der Waals surface area contributed by atoms with Crippen LogP contribution in [0.3, 0.4) is 0 Å². The van der Waals surface area contributed by atoms with Gasteiger partial charge < -0.3 is 20.7 Å². The number of hydrogen-bond acceptors (Lipinski definition) is 8. The van der Waals surface area contributed by atoms with E-state index in [1.807, 2.05) is 11.8 Å². The Morgan fingerprint density at radius 3 is 2.62 bits per heavy atom. The molecule has 34 heavy (non-hydrogen) atoms. The maximum Gasteiger partial charge on any atom is 0.276 e. The predicted molar refractivity (Wildman–Crippen MR) is 125 cm³/mol. The summed E-state index contributed by atoms with van der Waals surface area (Å²) in [6.07, 6.45) is 5.82. The molecule has 1 spiro atoms. The minimum Gasteiger partial charge on any atom is -0.379 e. The Kier molecular flexibility index (Phi) is 6.05.